The van der Waals surface area contributed by atoms with Crippen LogP contribution in [0.5, 0.6) is 5.75 Å². The zero-order valence-electron chi connectivity index (χ0n) is 17.4. The van der Waals surface area contributed by atoms with Crippen molar-refractivity contribution in [3.05, 3.63) is 42.0 Å². The highest BCUT2D eigenvalue weighted by molar-refractivity contribution is 5.91. The molecule has 0 heterocycles. The highest BCUT2D eigenvalue weighted by Gasteiger charge is 2.02. The van der Waals surface area contributed by atoms with E-state index in [1.54, 1.807) is 0 Å². The van der Waals surface area contributed by atoms with Gasteiger partial charge in [0.2, 0.25) is 0 Å². The number of carbonyl (C=O) groups excluding carboxylic acids is 2. The molecule has 162 valence electrons. The van der Waals surface area contributed by atoms with Crippen molar-refractivity contribution >= 4 is 11.9 Å². The van der Waals surface area contributed by atoms with Gasteiger partial charge in [-0.05, 0) is 30.5 Å². The summed E-state index contributed by atoms with van der Waals surface area (Å²) in [7, 11) is 0. The Kier molecular flexibility index (Phi) is 14.1. The number of rotatable bonds is 16. The van der Waals surface area contributed by atoms with Crippen molar-refractivity contribution in [2.45, 2.75) is 58.3 Å². The molecule has 0 unspecified atom stereocenters. The molecular weight excluding hydrogens is 372 g/mol. The number of esters is 2. The van der Waals surface area contributed by atoms with Crippen molar-refractivity contribution in [2.75, 3.05) is 26.4 Å². The number of hydrogen-bond acceptors (Lipinski definition) is 6. The lowest BCUT2D eigenvalue weighted by molar-refractivity contribution is -0.141. The first-order chi connectivity index (χ1) is 14.2. The monoisotopic (exact) mass is 406 g/mol. The maximum atomic E-state index is 11.5. The summed E-state index contributed by atoms with van der Waals surface area (Å²) in [6.45, 7) is 2.17. The summed E-state index contributed by atoms with van der Waals surface area (Å²) in [5.41, 5.74) is 1.30. The molecule has 0 amide bonds. The fourth-order valence-electron chi connectivity index (χ4n) is 2.72. The van der Waals surface area contributed by atoms with E-state index in [1.807, 2.05) is 12.1 Å². The van der Waals surface area contributed by atoms with Crippen LogP contribution < -0.4 is 4.74 Å². The normalized spacial score (nSPS) is 10.8. The van der Waals surface area contributed by atoms with E-state index in [9.17, 15) is 9.59 Å². The van der Waals surface area contributed by atoms with Crippen LogP contribution in [0, 0.1) is 0 Å². The van der Waals surface area contributed by atoms with Crippen LogP contribution in [0.3, 0.4) is 0 Å². The van der Waals surface area contributed by atoms with Gasteiger partial charge in [0.25, 0.3) is 0 Å². The molecule has 0 aliphatic rings. The molecule has 0 fully saturated rings. The Morgan fingerprint density at radius 3 is 2.03 bits per heavy atom. The number of aliphatic hydroxyl groups is 1. The number of benzene rings is 1. The second-order valence-electron chi connectivity index (χ2n) is 6.76. The standard InChI is InChI=1S/C23H34O6/c1-2-3-4-5-6-7-8-9-20-10-12-21(13-11-20)27-18-19-29-23(26)15-14-22(25)28-17-16-24/h10-15,24H,2-9,16-19H2,1H3/b15-14-. The number of unbranched alkanes of at least 4 members (excludes halogenated alkanes) is 6. The number of ether oxygens (including phenoxy) is 3. The van der Waals surface area contributed by atoms with Crippen LogP contribution >= 0.6 is 0 Å². The number of carbonyl (C=O) groups is 2. The van der Waals surface area contributed by atoms with E-state index in [0.717, 1.165) is 24.3 Å². The summed E-state index contributed by atoms with van der Waals surface area (Å²) in [6, 6.07) is 7.99. The van der Waals surface area contributed by atoms with Crippen molar-refractivity contribution in [3.8, 4) is 5.75 Å². The molecule has 0 saturated heterocycles. The van der Waals surface area contributed by atoms with Crippen molar-refractivity contribution in [3.63, 3.8) is 0 Å². The molecule has 1 aromatic carbocycles. The molecule has 0 atom stereocenters. The minimum absolute atomic E-state index is 0.0780. The smallest absolute Gasteiger partial charge is 0.331 e. The van der Waals surface area contributed by atoms with Gasteiger partial charge in [-0.2, -0.15) is 0 Å². The van der Waals surface area contributed by atoms with E-state index in [4.69, 9.17) is 14.6 Å². The maximum absolute atomic E-state index is 11.5. The van der Waals surface area contributed by atoms with Crippen LogP contribution in [0.25, 0.3) is 0 Å². The van der Waals surface area contributed by atoms with Gasteiger partial charge in [-0.25, -0.2) is 9.59 Å². The van der Waals surface area contributed by atoms with Gasteiger partial charge in [0, 0.05) is 12.2 Å². The van der Waals surface area contributed by atoms with Gasteiger partial charge in [0.15, 0.2) is 0 Å². The lowest BCUT2D eigenvalue weighted by Gasteiger charge is -2.07. The minimum atomic E-state index is -0.705. The molecule has 0 aliphatic heterocycles. The summed E-state index contributed by atoms with van der Waals surface area (Å²) in [5, 5.41) is 8.52. The van der Waals surface area contributed by atoms with Crippen LogP contribution in [-0.4, -0.2) is 43.5 Å². The summed E-state index contributed by atoms with van der Waals surface area (Å²) >= 11 is 0. The largest absolute Gasteiger partial charge is 0.490 e. The number of aryl methyl sites for hydroxylation is 1. The van der Waals surface area contributed by atoms with E-state index >= 15 is 0 Å². The first kappa shape index (κ1) is 24.7. The van der Waals surface area contributed by atoms with Crippen molar-refractivity contribution in [1.82, 2.24) is 0 Å². The lowest BCUT2D eigenvalue weighted by atomic mass is 10.0. The van der Waals surface area contributed by atoms with E-state index in [1.165, 1.54) is 50.5 Å². The molecule has 0 spiro atoms. The van der Waals surface area contributed by atoms with Crippen LogP contribution in [0.15, 0.2) is 36.4 Å². The molecular formula is C23H34O6. The molecule has 29 heavy (non-hydrogen) atoms. The van der Waals surface area contributed by atoms with E-state index in [0.29, 0.717) is 0 Å². The van der Waals surface area contributed by atoms with Gasteiger partial charge >= 0.3 is 11.9 Å². The van der Waals surface area contributed by atoms with Gasteiger partial charge in [0.05, 0.1) is 6.61 Å². The molecule has 0 radical (unpaired) electrons. The van der Waals surface area contributed by atoms with Crippen LogP contribution in [-0.2, 0) is 25.5 Å². The fourth-order valence-corrected chi connectivity index (χ4v) is 2.72. The van der Waals surface area contributed by atoms with E-state index in [2.05, 4.69) is 23.8 Å². The van der Waals surface area contributed by atoms with Crippen molar-refractivity contribution in [1.29, 1.82) is 0 Å². The van der Waals surface area contributed by atoms with Crippen LogP contribution in [0.2, 0.25) is 0 Å². The number of hydrogen-bond donors (Lipinski definition) is 1. The second kappa shape index (κ2) is 16.6. The molecule has 0 bridgehead atoms. The first-order valence-corrected chi connectivity index (χ1v) is 10.5. The Morgan fingerprint density at radius 1 is 0.828 bits per heavy atom. The van der Waals surface area contributed by atoms with E-state index in [-0.39, 0.29) is 26.4 Å². The fraction of sp³-hybridized carbons (Fsp3) is 0.565. The molecule has 0 aliphatic carbocycles. The Balaban J connectivity index is 2.12. The molecule has 0 aromatic heterocycles. The Hall–Kier alpha value is -2.34. The first-order valence-electron chi connectivity index (χ1n) is 10.5. The maximum Gasteiger partial charge on any atom is 0.331 e. The van der Waals surface area contributed by atoms with E-state index < -0.39 is 11.9 Å². The Bertz CT molecular complexity index is 594. The highest BCUT2D eigenvalue weighted by atomic mass is 16.6. The topological polar surface area (TPSA) is 82.1 Å². The lowest BCUT2D eigenvalue weighted by Crippen LogP contribution is -2.11. The average Bonchev–Trinajstić information content (AvgIpc) is 2.74. The molecule has 1 N–H and O–H groups in total. The molecule has 6 nitrogen and oxygen atoms in total. The van der Waals surface area contributed by atoms with Crippen LogP contribution in [0.4, 0.5) is 0 Å². The zero-order chi connectivity index (χ0) is 21.2. The molecule has 1 rings (SSSR count). The van der Waals surface area contributed by atoms with Crippen LogP contribution in [0.1, 0.15) is 57.4 Å². The van der Waals surface area contributed by atoms with Gasteiger partial charge in [0.1, 0.15) is 25.6 Å². The Labute approximate surface area is 173 Å². The number of aliphatic hydroxyl groups excluding tert-OH is 1. The third-order valence-corrected chi connectivity index (χ3v) is 4.28. The van der Waals surface area contributed by atoms with Gasteiger partial charge in [-0.1, -0.05) is 57.6 Å². The summed E-state index contributed by atoms with van der Waals surface area (Å²) in [4.78, 5) is 22.6. The van der Waals surface area contributed by atoms with Crippen molar-refractivity contribution < 1.29 is 28.9 Å². The molecule has 0 saturated carbocycles. The summed E-state index contributed by atoms with van der Waals surface area (Å²) in [5.74, 6) is -0.629. The highest BCUT2D eigenvalue weighted by Crippen LogP contribution is 2.15. The third-order valence-electron chi connectivity index (χ3n) is 4.28. The molecule has 1 aromatic rings. The third kappa shape index (κ3) is 13.5. The predicted molar refractivity (Wildman–Crippen MR) is 112 cm³/mol. The summed E-state index contributed by atoms with van der Waals surface area (Å²) in [6.07, 6.45) is 12.2. The average molecular weight is 407 g/mol. The van der Waals surface area contributed by atoms with Gasteiger partial charge < -0.3 is 19.3 Å². The minimum Gasteiger partial charge on any atom is -0.490 e. The van der Waals surface area contributed by atoms with Gasteiger partial charge in [-0.3, -0.25) is 0 Å². The second-order valence-corrected chi connectivity index (χ2v) is 6.76. The summed E-state index contributed by atoms with van der Waals surface area (Å²) < 4.78 is 15.1. The SMILES string of the molecule is CCCCCCCCCc1ccc(OCCOC(=O)/C=C\C(=O)OCCO)cc1. The quantitative estimate of drug-likeness (QED) is 0.254. The Morgan fingerprint density at radius 2 is 1.41 bits per heavy atom. The predicted octanol–water partition coefficient (Wildman–Crippen LogP) is 3.99. The van der Waals surface area contributed by atoms with Gasteiger partial charge in [-0.15, -0.1) is 0 Å². The molecule has 6 heteroatoms. The zero-order valence-corrected chi connectivity index (χ0v) is 17.4. The van der Waals surface area contributed by atoms with Crippen molar-refractivity contribution in [2.24, 2.45) is 0 Å².